The van der Waals surface area contributed by atoms with E-state index in [4.69, 9.17) is 0 Å². The lowest BCUT2D eigenvalue weighted by Gasteiger charge is -2.17. The van der Waals surface area contributed by atoms with Crippen LogP contribution in [0.5, 0.6) is 0 Å². The maximum atomic E-state index is 12.0. The molecule has 1 amide bonds. The molecule has 1 aromatic rings. The summed E-state index contributed by atoms with van der Waals surface area (Å²) in [5, 5.41) is 6.27. The number of carbonyl (C=O) groups is 1. The van der Waals surface area contributed by atoms with Crippen molar-refractivity contribution in [2.24, 2.45) is 5.92 Å². The summed E-state index contributed by atoms with van der Waals surface area (Å²) in [6.07, 6.45) is 3.32. The molecule has 0 aromatic heterocycles. The van der Waals surface area contributed by atoms with E-state index in [1.54, 1.807) is 0 Å². The van der Waals surface area contributed by atoms with Crippen LogP contribution < -0.4 is 10.6 Å². The highest BCUT2D eigenvalue weighted by Crippen LogP contribution is 2.31. The van der Waals surface area contributed by atoms with E-state index in [2.05, 4.69) is 22.8 Å². The summed E-state index contributed by atoms with van der Waals surface area (Å²) in [5.41, 5.74) is 2.33. The molecule has 0 aliphatic carbocycles. The zero-order chi connectivity index (χ0) is 12.4. The molecule has 0 bridgehead atoms. The van der Waals surface area contributed by atoms with Crippen LogP contribution in [-0.2, 0) is 11.2 Å². The fourth-order valence-corrected chi connectivity index (χ4v) is 3.58. The summed E-state index contributed by atoms with van der Waals surface area (Å²) in [6.45, 7) is 1.77. The van der Waals surface area contributed by atoms with E-state index < -0.39 is 0 Å². The minimum atomic E-state index is 0.135. The number of rotatable bonds is 2. The first-order valence-corrected chi connectivity index (χ1v) is 7.59. The average molecular weight is 262 g/mol. The molecule has 0 saturated carbocycles. The van der Waals surface area contributed by atoms with Crippen molar-refractivity contribution in [1.82, 2.24) is 5.32 Å². The Hall–Kier alpha value is -1.00. The Bertz CT molecular complexity index is 455. The molecule has 18 heavy (non-hydrogen) atoms. The molecule has 96 valence electrons. The maximum absolute atomic E-state index is 12.0. The first kappa shape index (κ1) is 12.1. The van der Waals surface area contributed by atoms with E-state index >= 15 is 0 Å². The third-order valence-corrected chi connectivity index (χ3v) is 4.81. The molecule has 2 aliphatic heterocycles. The highest BCUT2D eigenvalue weighted by molar-refractivity contribution is 7.99. The minimum Gasteiger partial charge on any atom is -0.326 e. The van der Waals surface area contributed by atoms with Gasteiger partial charge >= 0.3 is 0 Å². The van der Waals surface area contributed by atoms with Gasteiger partial charge in [-0.2, -0.15) is 0 Å². The second-order valence-electron chi connectivity index (χ2n) is 4.95. The van der Waals surface area contributed by atoms with Gasteiger partial charge < -0.3 is 10.6 Å². The number of amides is 1. The Balaban J connectivity index is 1.70. The fourth-order valence-electron chi connectivity index (χ4n) is 2.56. The SMILES string of the molecule is O=C(Nc1ccc2c(c1)CCCS2)C1CCNC1. The smallest absolute Gasteiger partial charge is 0.228 e. The predicted octanol–water partition coefficient (Wildman–Crippen LogP) is 2.27. The van der Waals surface area contributed by atoms with Crippen molar-refractivity contribution in [3.63, 3.8) is 0 Å². The molecule has 1 atom stereocenters. The highest BCUT2D eigenvalue weighted by Gasteiger charge is 2.22. The molecule has 1 aromatic carbocycles. The maximum Gasteiger partial charge on any atom is 0.228 e. The van der Waals surface area contributed by atoms with Crippen LogP contribution in [0.15, 0.2) is 23.1 Å². The molecule has 4 heteroatoms. The van der Waals surface area contributed by atoms with Gasteiger partial charge in [-0.1, -0.05) is 0 Å². The summed E-state index contributed by atoms with van der Waals surface area (Å²) < 4.78 is 0. The number of hydrogen-bond donors (Lipinski definition) is 2. The molecule has 2 N–H and O–H groups in total. The van der Waals surface area contributed by atoms with Crippen molar-refractivity contribution in [2.45, 2.75) is 24.2 Å². The van der Waals surface area contributed by atoms with Crippen molar-refractivity contribution in [2.75, 3.05) is 24.2 Å². The third-order valence-electron chi connectivity index (χ3n) is 3.61. The number of carbonyl (C=O) groups excluding carboxylic acids is 1. The van der Waals surface area contributed by atoms with Crippen LogP contribution in [-0.4, -0.2) is 24.7 Å². The lowest BCUT2D eigenvalue weighted by molar-refractivity contribution is -0.119. The summed E-state index contributed by atoms with van der Waals surface area (Å²) in [5.74, 6) is 1.51. The van der Waals surface area contributed by atoms with Gasteiger partial charge in [0.15, 0.2) is 0 Å². The van der Waals surface area contributed by atoms with Gasteiger partial charge in [0.05, 0.1) is 5.92 Å². The number of anilines is 1. The molecule has 3 rings (SSSR count). The van der Waals surface area contributed by atoms with E-state index in [9.17, 15) is 4.79 Å². The molecule has 1 unspecified atom stereocenters. The molecule has 2 heterocycles. The quantitative estimate of drug-likeness (QED) is 0.859. The standard InChI is InChI=1S/C14H18N2OS/c17-14(11-5-6-15-9-11)16-12-3-4-13-10(8-12)2-1-7-18-13/h3-4,8,11,15H,1-2,5-7,9H2,(H,16,17). The molecule has 0 spiro atoms. The van der Waals surface area contributed by atoms with Gasteiger partial charge in [-0.05, 0) is 55.3 Å². The first-order valence-electron chi connectivity index (χ1n) is 6.60. The zero-order valence-corrected chi connectivity index (χ0v) is 11.2. The Morgan fingerprint density at radius 2 is 2.39 bits per heavy atom. The Morgan fingerprint density at radius 1 is 1.44 bits per heavy atom. The van der Waals surface area contributed by atoms with Crippen molar-refractivity contribution < 1.29 is 4.79 Å². The predicted molar refractivity (Wildman–Crippen MR) is 75.1 cm³/mol. The van der Waals surface area contributed by atoms with Gasteiger partial charge in [-0.15, -0.1) is 11.8 Å². The van der Waals surface area contributed by atoms with E-state index in [1.165, 1.54) is 22.6 Å². The number of aryl methyl sites for hydroxylation is 1. The Labute approximate surface area is 112 Å². The number of nitrogens with one attached hydrogen (secondary N) is 2. The molecule has 3 nitrogen and oxygen atoms in total. The second kappa shape index (κ2) is 5.33. The normalized spacial score (nSPS) is 22.6. The van der Waals surface area contributed by atoms with Crippen molar-refractivity contribution in [3.05, 3.63) is 23.8 Å². The first-order chi connectivity index (χ1) is 8.83. The Morgan fingerprint density at radius 3 is 3.22 bits per heavy atom. The van der Waals surface area contributed by atoms with Crippen molar-refractivity contribution in [3.8, 4) is 0 Å². The van der Waals surface area contributed by atoms with E-state index in [0.717, 1.165) is 31.6 Å². The summed E-state index contributed by atoms with van der Waals surface area (Å²) >= 11 is 1.92. The van der Waals surface area contributed by atoms with E-state index in [0.29, 0.717) is 0 Å². The number of benzene rings is 1. The van der Waals surface area contributed by atoms with E-state index in [-0.39, 0.29) is 11.8 Å². The molecule has 2 aliphatic rings. The van der Waals surface area contributed by atoms with Crippen LogP contribution >= 0.6 is 11.8 Å². The van der Waals surface area contributed by atoms with Gasteiger partial charge in [0, 0.05) is 17.1 Å². The second-order valence-corrected chi connectivity index (χ2v) is 6.09. The van der Waals surface area contributed by atoms with Crippen LogP contribution in [0.4, 0.5) is 5.69 Å². The van der Waals surface area contributed by atoms with Crippen molar-refractivity contribution in [1.29, 1.82) is 0 Å². The fraction of sp³-hybridized carbons (Fsp3) is 0.500. The number of fused-ring (bicyclic) bond motifs is 1. The number of hydrogen-bond acceptors (Lipinski definition) is 3. The lowest BCUT2D eigenvalue weighted by Crippen LogP contribution is -2.24. The highest BCUT2D eigenvalue weighted by atomic mass is 32.2. The van der Waals surface area contributed by atoms with Crippen LogP contribution in [0.2, 0.25) is 0 Å². The van der Waals surface area contributed by atoms with Gasteiger partial charge in [0.1, 0.15) is 0 Å². The largest absolute Gasteiger partial charge is 0.326 e. The minimum absolute atomic E-state index is 0.135. The van der Waals surface area contributed by atoms with E-state index in [1.807, 2.05) is 17.8 Å². The van der Waals surface area contributed by atoms with Gasteiger partial charge in [0.2, 0.25) is 5.91 Å². The van der Waals surface area contributed by atoms with Gasteiger partial charge in [0.25, 0.3) is 0 Å². The van der Waals surface area contributed by atoms with Crippen molar-refractivity contribution >= 4 is 23.4 Å². The van der Waals surface area contributed by atoms with Crippen LogP contribution in [0.1, 0.15) is 18.4 Å². The molecular formula is C14H18N2OS. The van der Waals surface area contributed by atoms with Crippen LogP contribution in [0.25, 0.3) is 0 Å². The van der Waals surface area contributed by atoms with Gasteiger partial charge in [-0.3, -0.25) is 4.79 Å². The van der Waals surface area contributed by atoms with Crippen LogP contribution in [0, 0.1) is 5.92 Å². The summed E-state index contributed by atoms with van der Waals surface area (Å²) in [7, 11) is 0. The third kappa shape index (κ3) is 2.54. The van der Waals surface area contributed by atoms with Crippen LogP contribution in [0.3, 0.4) is 0 Å². The lowest BCUT2D eigenvalue weighted by atomic mass is 10.1. The average Bonchev–Trinajstić information content (AvgIpc) is 2.92. The zero-order valence-electron chi connectivity index (χ0n) is 10.4. The number of thioether (sulfide) groups is 1. The molecule has 1 fully saturated rings. The summed E-state index contributed by atoms with van der Waals surface area (Å²) in [4.78, 5) is 13.4. The summed E-state index contributed by atoms with van der Waals surface area (Å²) in [6, 6.07) is 6.31. The molecule has 0 radical (unpaired) electrons. The van der Waals surface area contributed by atoms with Gasteiger partial charge in [-0.25, -0.2) is 0 Å². The molecule has 1 saturated heterocycles. The molecular weight excluding hydrogens is 244 g/mol. The monoisotopic (exact) mass is 262 g/mol. The Kier molecular flexibility index (Phi) is 3.57. The topological polar surface area (TPSA) is 41.1 Å².